The Morgan fingerprint density at radius 3 is 2.48 bits per heavy atom. The van der Waals surface area contributed by atoms with Crippen molar-refractivity contribution in [2.45, 2.75) is 39.3 Å². The van der Waals surface area contributed by atoms with E-state index in [4.69, 9.17) is 10.5 Å². The first-order valence-electron chi connectivity index (χ1n) is 7.44. The van der Waals surface area contributed by atoms with Crippen molar-refractivity contribution in [3.05, 3.63) is 42.0 Å². The van der Waals surface area contributed by atoms with Crippen molar-refractivity contribution in [1.82, 2.24) is 15.5 Å². The van der Waals surface area contributed by atoms with Gasteiger partial charge in [0.2, 0.25) is 0 Å². The second kappa shape index (κ2) is 6.64. The van der Waals surface area contributed by atoms with Crippen LogP contribution >= 0.6 is 0 Å². The summed E-state index contributed by atoms with van der Waals surface area (Å²) in [5, 5.41) is 10.9. The maximum Gasteiger partial charge on any atom is 0.408 e. The number of rotatable bonds is 3. The molecule has 3 N–H and O–H groups in total. The van der Waals surface area contributed by atoms with Crippen molar-refractivity contribution in [2.24, 2.45) is 0 Å². The molecule has 0 bridgehead atoms. The highest BCUT2D eigenvalue weighted by Gasteiger charge is 2.21. The molecule has 0 aliphatic heterocycles. The van der Waals surface area contributed by atoms with E-state index in [-0.39, 0.29) is 6.04 Å². The molecule has 1 unspecified atom stereocenters. The van der Waals surface area contributed by atoms with E-state index in [1.54, 1.807) is 6.07 Å². The Morgan fingerprint density at radius 2 is 1.87 bits per heavy atom. The number of anilines is 1. The summed E-state index contributed by atoms with van der Waals surface area (Å²) in [5.41, 5.74) is 7.58. The van der Waals surface area contributed by atoms with Crippen LogP contribution in [-0.2, 0) is 4.74 Å². The molecule has 0 saturated carbocycles. The number of aromatic nitrogens is 2. The van der Waals surface area contributed by atoms with Gasteiger partial charge in [-0.3, -0.25) is 0 Å². The van der Waals surface area contributed by atoms with Crippen LogP contribution in [0, 0.1) is 0 Å². The molecule has 2 rings (SSSR count). The average Bonchev–Trinajstić information content (AvgIpc) is 2.46. The van der Waals surface area contributed by atoms with Crippen LogP contribution in [0.2, 0.25) is 0 Å². The average molecular weight is 314 g/mol. The van der Waals surface area contributed by atoms with Crippen LogP contribution in [0.4, 0.5) is 10.6 Å². The second-order valence-electron chi connectivity index (χ2n) is 6.31. The van der Waals surface area contributed by atoms with Gasteiger partial charge in [0.1, 0.15) is 11.4 Å². The van der Waals surface area contributed by atoms with Gasteiger partial charge in [-0.1, -0.05) is 30.3 Å². The summed E-state index contributed by atoms with van der Waals surface area (Å²) < 4.78 is 5.29. The Labute approximate surface area is 136 Å². The van der Waals surface area contributed by atoms with Crippen molar-refractivity contribution in [1.29, 1.82) is 0 Å². The zero-order valence-electron chi connectivity index (χ0n) is 13.8. The van der Waals surface area contributed by atoms with E-state index in [9.17, 15) is 4.79 Å². The molecule has 2 aromatic rings. The maximum atomic E-state index is 12.0. The molecule has 1 aromatic carbocycles. The molecule has 0 saturated heterocycles. The van der Waals surface area contributed by atoms with Crippen LogP contribution in [0.1, 0.15) is 39.3 Å². The van der Waals surface area contributed by atoms with Gasteiger partial charge < -0.3 is 15.8 Å². The van der Waals surface area contributed by atoms with Crippen molar-refractivity contribution >= 4 is 11.9 Å². The monoisotopic (exact) mass is 314 g/mol. The molecule has 1 heterocycles. The summed E-state index contributed by atoms with van der Waals surface area (Å²) in [7, 11) is 0. The molecule has 0 radical (unpaired) electrons. The summed E-state index contributed by atoms with van der Waals surface area (Å²) in [6, 6.07) is 11.0. The Balaban J connectivity index is 2.28. The summed E-state index contributed by atoms with van der Waals surface area (Å²) in [5.74, 6) is 0.303. The standard InChI is InChI=1S/C17H22N4O2/c1-11(19-16(22)23-17(2,3)4)13-10-14(18)20-21-15(13)12-8-6-5-7-9-12/h5-11H,1-4H3,(H2,18,20)(H,19,22). The third-order valence-electron chi connectivity index (χ3n) is 3.09. The number of nitrogen functional groups attached to an aromatic ring is 1. The summed E-state index contributed by atoms with van der Waals surface area (Å²) in [4.78, 5) is 12.0. The van der Waals surface area contributed by atoms with Crippen LogP contribution in [0.25, 0.3) is 11.3 Å². The fourth-order valence-corrected chi connectivity index (χ4v) is 2.13. The third-order valence-corrected chi connectivity index (χ3v) is 3.09. The molecule has 0 aliphatic rings. The largest absolute Gasteiger partial charge is 0.444 e. The summed E-state index contributed by atoms with van der Waals surface area (Å²) in [6.07, 6.45) is -0.487. The molecule has 0 fully saturated rings. The van der Waals surface area contributed by atoms with Crippen molar-refractivity contribution in [3.63, 3.8) is 0 Å². The van der Waals surface area contributed by atoms with Gasteiger partial charge in [-0.15, -0.1) is 10.2 Å². The van der Waals surface area contributed by atoms with Crippen LogP contribution in [0.3, 0.4) is 0 Å². The Hall–Kier alpha value is -2.63. The number of nitrogens with two attached hydrogens (primary N) is 1. The van der Waals surface area contributed by atoms with E-state index < -0.39 is 11.7 Å². The molecule has 0 aliphatic carbocycles. The van der Waals surface area contributed by atoms with Gasteiger partial charge in [-0.2, -0.15) is 0 Å². The summed E-state index contributed by atoms with van der Waals surface area (Å²) in [6.45, 7) is 7.31. The lowest BCUT2D eigenvalue weighted by Crippen LogP contribution is -2.34. The van der Waals surface area contributed by atoms with Gasteiger partial charge in [0.15, 0.2) is 0 Å². The van der Waals surface area contributed by atoms with Crippen molar-refractivity contribution in [3.8, 4) is 11.3 Å². The number of nitrogens with zero attached hydrogens (tertiary/aromatic N) is 2. The lowest BCUT2D eigenvalue weighted by atomic mass is 10.0. The van der Waals surface area contributed by atoms with Gasteiger partial charge in [-0.25, -0.2) is 4.79 Å². The third kappa shape index (κ3) is 4.67. The number of carbonyl (C=O) groups excluding carboxylic acids is 1. The minimum atomic E-state index is -0.554. The van der Waals surface area contributed by atoms with E-state index in [1.807, 2.05) is 58.0 Å². The van der Waals surface area contributed by atoms with E-state index in [2.05, 4.69) is 15.5 Å². The minimum absolute atomic E-state index is 0.303. The number of hydrogen-bond acceptors (Lipinski definition) is 5. The van der Waals surface area contributed by atoms with Crippen LogP contribution in [0.5, 0.6) is 0 Å². The smallest absolute Gasteiger partial charge is 0.408 e. The zero-order valence-corrected chi connectivity index (χ0v) is 13.8. The quantitative estimate of drug-likeness (QED) is 0.907. The number of alkyl carbamates (subject to hydrolysis) is 1. The molecule has 0 spiro atoms. The number of hydrogen-bond donors (Lipinski definition) is 2. The normalized spacial score (nSPS) is 12.5. The predicted molar refractivity (Wildman–Crippen MR) is 89.7 cm³/mol. The Morgan fingerprint density at radius 1 is 1.22 bits per heavy atom. The highest BCUT2D eigenvalue weighted by Crippen LogP contribution is 2.27. The van der Waals surface area contributed by atoms with Gasteiger partial charge in [0.05, 0.1) is 11.7 Å². The fraction of sp³-hybridized carbons (Fsp3) is 0.353. The Kier molecular flexibility index (Phi) is 4.83. The van der Waals surface area contributed by atoms with Crippen LogP contribution in [0.15, 0.2) is 36.4 Å². The molecular formula is C17H22N4O2. The molecular weight excluding hydrogens is 292 g/mol. The van der Waals surface area contributed by atoms with Crippen LogP contribution < -0.4 is 11.1 Å². The van der Waals surface area contributed by atoms with Crippen molar-refractivity contribution < 1.29 is 9.53 Å². The maximum absolute atomic E-state index is 12.0. The number of amides is 1. The first-order valence-corrected chi connectivity index (χ1v) is 7.44. The molecule has 6 heteroatoms. The number of nitrogens with one attached hydrogen (secondary N) is 1. The first kappa shape index (κ1) is 16.7. The molecule has 23 heavy (non-hydrogen) atoms. The van der Waals surface area contributed by atoms with Gasteiger partial charge in [0.25, 0.3) is 0 Å². The highest BCUT2D eigenvalue weighted by atomic mass is 16.6. The summed E-state index contributed by atoms with van der Waals surface area (Å²) >= 11 is 0. The van der Waals surface area contributed by atoms with Gasteiger partial charge >= 0.3 is 6.09 Å². The van der Waals surface area contributed by atoms with E-state index in [0.29, 0.717) is 11.5 Å². The lowest BCUT2D eigenvalue weighted by molar-refractivity contribution is 0.0508. The Bertz CT molecular complexity index is 681. The van der Waals surface area contributed by atoms with Gasteiger partial charge in [-0.05, 0) is 33.8 Å². The van der Waals surface area contributed by atoms with Gasteiger partial charge in [0, 0.05) is 11.1 Å². The number of benzene rings is 1. The number of ether oxygens (including phenoxy) is 1. The van der Waals surface area contributed by atoms with E-state index in [0.717, 1.165) is 11.1 Å². The SMILES string of the molecule is CC(NC(=O)OC(C)(C)C)c1cc(N)nnc1-c1ccccc1. The van der Waals surface area contributed by atoms with E-state index >= 15 is 0 Å². The second-order valence-corrected chi connectivity index (χ2v) is 6.31. The van der Waals surface area contributed by atoms with Crippen molar-refractivity contribution in [2.75, 3.05) is 5.73 Å². The molecule has 6 nitrogen and oxygen atoms in total. The predicted octanol–water partition coefficient (Wildman–Crippen LogP) is 3.31. The molecule has 1 atom stereocenters. The van der Waals surface area contributed by atoms with Crippen LogP contribution in [-0.4, -0.2) is 21.9 Å². The molecule has 1 aromatic heterocycles. The van der Waals surface area contributed by atoms with E-state index in [1.165, 1.54) is 0 Å². The molecule has 122 valence electrons. The topological polar surface area (TPSA) is 90.1 Å². The molecule has 1 amide bonds. The fourth-order valence-electron chi connectivity index (χ4n) is 2.13. The lowest BCUT2D eigenvalue weighted by Gasteiger charge is -2.23. The zero-order chi connectivity index (χ0) is 17.0. The minimum Gasteiger partial charge on any atom is -0.444 e. The highest BCUT2D eigenvalue weighted by molar-refractivity contribution is 5.70. The first-order chi connectivity index (χ1) is 10.8. The number of carbonyl (C=O) groups is 1.